The van der Waals surface area contributed by atoms with Gasteiger partial charge in [-0.05, 0) is 32.9 Å². The number of carbonyl (C=O) groups excluding carboxylic acids is 1. The molecule has 6 heteroatoms. The number of carbonyl (C=O) groups is 1. The molecule has 0 aliphatic carbocycles. The van der Waals surface area contributed by atoms with Gasteiger partial charge in [0.1, 0.15) is 11.4 Å². The van der Waals surface area contributed by atoms with Gasteiger partial charge in [-0.1, -0.05) is 11.6 Å². The Balaban J connectivity index is 2.36. The Morgan fingerprint density at radius 1 is 1.30 bits per heavy atom. The molecule has 0 aromatic heterocycles. The zero-order valence-corrected chi connectivity index (χ0v) is 13.0. The summed E-state index contributed by atoms with van der Waals surface area (Å²) in [6.07, 6.45) is -0.434. The lowest BCUT2D eigenvalue weighted by Crippen LogP contribution is -2.35. The summed E-state index contributed by atoms with van der Waals surface area (Å²) >= 11 is 6.05. The minimum atomic E-state index is -0.492. The molecular weight excluding hydrogens is 280 g/mol. The first-order chi connectivity index (χ1) is 9.31. The van der Waals surface area contributed by atoms with E-state index in [2.05, 4.69) is 10.6 Å². The average Bonchev–Trinajstić information content (AvgIpc) is 2.34. The number of methoxy groups -OCH3 is 1. The fraction of sp³-hybridized carbons (Fsp3) is 0.500. The van der Waals surface area contributed by atoms with Crippen molar-refractivity contribution >= 4 is 23.4 Å². The predicted octanol–water partition coefficient (Wildman–Crippen LogP) is 3.29. The Hall–Kier alpha value is -1.62. The molecule has 5 nitrogen and oxygen atoms in total. The molecule has 0 spiro atoms. The monoisotopic (exact) mass is 300 g/mol. The molecule has 1 amide bonds. The van der Waals surface area contributed by atoms with Crippen LogP contribution in [0.5, 0.6) is 5.75 Å². The van der Waals surface area contributed by atoms with E-state index in [1.54, 1.807) is 25.3 Å². The minimum absolute atomic E-state index is 0.433. The summed E-state index contributed by atoms with van der Waals surface area (Å²) in [6.45, 7) is 6.43. The van der Waals surface area contributed by atoms with Crippen molar-refractivity contribution in [3.8, 4) is 5.75 Å². The molecule has 112 valence electrons. The average molecular weight is 301 g/mol. The summed E-state index contributed by atoms with van der Waals surface area (Å²) in [4.78, 5) is 11.4. The summed E-state index contributed by atoms with van der Waals surface area (Å²) in [5, 5.41) is 6.38. The van der Waals surface area contributed by atoms with Crippen LogP contribution in [0.3, 0.4) is 0 Å². The van der Waals surface area contributed by atoms with Crippen molar-refractivity contribution in [1.29, 1.82) is 0 Å². The van der Waals surface area contributed by atoms with Crippen molar-refractivity contribution < 1.29 is 14.3 Å². The number of hydrogen-bond acceptors (Lipinski definition) is 4. The SMILES string of the molecule is COc1ccc(Cl)c(NCCNC(=O)OC(C)(C)C)c1. The number of anilines is 1. The highest BCUT2D eigenvalue weighted by Crippen LogP contribution is 2.26. The van der Waals surface area contributed by atoms with Gasteiger partial charge in [0, 0.05) is 19.2 Å². The number of benzene rings is 1. The highest BCUT2D eigenvalue weighted by molar-refractivity contribution is 6.33. The van der Waals surface area contributed by atoms with Crippen molar-refractivity contribution in [3.05, 3.63) is 23.2 Å². The molecule has 0 saturated carbocycles. The molecule has 2 N–H and O–H groups in total. The quantitative estimate of drug-likeness (QED) is 0.819. The van der Waals surface area contributed by atoms with Crippen molar-refractivity contribution in [3.63, 3.8) is 0 Å². The number of rotatable bonds is 5. The summed E-state index contributed by atoms with van der Waals surface area (Å²) < 4.78 is 10.2. The Morgan fingerprint density at radius 2 is 2.00 bits per heavy atom. The first-order valence-corrected chi connectivity index (χ1v) is 6.74. The summed E-state index contributed by atoms with van der Waals surface area (Å²) in [5.74, 6) is 0.719. The van der Waals surface area contributed by atoms with E-state index in [0.29, 0.717) is 18.1 Å². The van der Waals surface area contributed by atoms with Crippen LogP contribution in [-0.4, -0.2) is 31.9 Å². The third-order valence-corrected chi connectivity index (χ3v) is 2.61. The highest BCUT2D eigenvalue weighted by Gasteiger charge is 2.15. The highest BCUT2D eigenvalue weighted by atomic mass is 35.5. The second kappa shape index (κ2) is 7.24. The van der Waals surface area contributed by atoms with Crippen molar-refractivity contribution in [2.75, 3.05) is 25.5 Å². The number of nitrogens with one attached hydrogen (secondary N) is 2. The second-order valence-corrected chi connectivity index (χ2v) is 5.61. The van der Waals surface area contributed by atoms with Crippen LogP contribution >= 0.6 is 11.6 Å². The van der Waals surface area contributed by atoms with Crippen LogP contribution in [0.4, 0.5) is 10.5 Å². The number of hydrogen-bond donors (Lipinski definition) is 2. The molecule has 0 saturated heterocycles. The van der Waals surface area contributed by atoms with E-state index in [1.807, 2.05) is 20.8 Å². The molecule has 0 atom stereocenters. The number of amides is 1. The van der Waals surface area contributed by atoms with Crippen LogP contribution in [0.25, 0.3) is 0 Å². The van der Waals surface area contributed by atoms with Gasteiger partial charge in [0.15, 0.2) is 0 Å². The molecule has 0 heterocycles. The lowest BCUT2D eigenvalue weighted by Gasteiger charge is -2.19. The summed E-state index contributed by atoms with van der Waals surface area (Å²) in [5.41, 5.74) is 0.269. The van der Waals surface area contributed by atoms with Crippen LogP contribution < -0.4 is 15.4 Å². The predicted molar refractivity (Wildman–Crippen MR) is 80.7 cm³/mol. The molecular formula is C14H21ClN2O3. The lowest BCUT2D eigenvalue weighted by atomic mass is 10.2. The molecule has 0 aliphatic rings. The van der Waals surface area contributed by atoms with E-state index in [0.717, 1.165) is 11.4 Å². The Kier molecular flexibility index (Phi) is 5.95. The third kappa shape index (κ3) is 6.02. The van der Waals surface area contributed by atoms with Crippen molar-refractivity contribution in [1.82, 2.24) is 5.32 Å². The molecule has 0 aliphatic heterocycles. The second-order valence-electron chi connectivity index (χ2n) is 5.20. The zero-order chi connectivity index (χ0) is 15.2. The van der Waals surface area contributed by atoms with Gasteiger partial charge < -0.3 is 20.1 Å². The maximum atomic E-state index is 11.4. The third-order valence-electron chi connectivity index (χ3n) is 2.28. The number of ether oxygens (including phenoxy) is 2. The smallest absolute Gasteiger partial charge is 0.407 e. The van der Waals surface area contributed by atoms with E-state index in [1.165, 1.54) is 0 Å². The first kappa shape index (κ1) is 16.4. The van der Waals surface area contributed by atoms with Crippen LogP contribution in [0, 0.1) is 0 Å². The molecule has 0 bridgehead atoms. The van der Waals surface area contributed by atoms with Gasteiger partial charge >= 0.3 is 6.09 Å². The molecule has 20 heavy (non-hydrogen) atoms. The molecule has 1 aromatic rings. The van der Waals surface area contributed by atoms with Gasteiger partial charge in [0.25, 0.3) is 0 Å². The maximum Gasteiger partial charge on any atom is 0.407 e. The fourth-order valence-corrected chi connectivity index (χ4v) is 1.63. The fourth-order valence-electron chi connectivity index (χ4n) is 1.44. The first-order valence-electron chi connectivity index (χ1n) is 6.36. The van der Waals surface area contributed by atoms with Gasteiger partial charge in [-0.3, -0.25) is 0 Å². The van der Waals surface area contributed by atoms with Crippen LogP contribution in [0.2, 0.25) is 5.02 Å². The van der Waals surface area contributed by atoms with Gasteiger partial charge in [-0.25, -0.2) is 4.79 Å². The van der Waals surface area contributed by atoms with Gasteiger partial charge in [0.2, 0.25) is 0 Å². The van der Waals surface area contributed by atoms with E-state index in [4.69, 9.17) is 21.1 Å². The van der Waals surface area contributed by atoms with E-state index >= 15 is 0 Å². The molecule has 0 unspecified atom stereocenters. The van der Waals surface area contributed by atoms with Gasteiger partial charge in [-0.2, -0.15) is 0 Å². The minimum Gasteiger partial charge on any atom is -0.497 e. The van der Waals surface area contributed by atoms with Gasteiger partial charge in [-0.15, -0.1) is 0 Å². The number of halogens is 1. The molecule has 0 fully saturated rings. The zero-order valence-electron chi connectivity index (χ0n) is 12.2. The van der Waals surface area contributed by atoms with Crippen LogP contribution in [-0.2, 0) is 4.74 Å². The van der Waals surface area contributed by atoms with Crippen molar-refractivity contribution in [2.45, 2.75) is 26.4 Å². The standard InChI is InChI=1S/C14H21ClN2O3/c1-14(2,3)20-13(18)17-8-7-16-12-9-10(19-4)5-6-11(12)15/h5-6,9,16H,7-8H2,1-4H3,(H,17,18). The van der Waals surface area contributed by atoms with E-state index < -0.39 is 11.7 Å². The molecule has 1 aromatic carbocycles. The molecule has 1 rings (SSSR count). The van der Waals surface area contributed by atoms with Crippen LogP contribution in [0.1, 0.15) is 20.8 Å². The van der Waals surface area contributed by atoms with E-state index in [9.17, 15) is 4.79 Å². The largest absolute Gasteiger partial charge is 0.497 e. The Morgan fingerprint density at radius 3 is 2.60 bits per heavy atom. The van der Waals surface area contributed by atoms with Gasteiger partial charge in [0.05, 0.1) is 17.8 Å². The normalized spacial score (nSPS) is 10.8. The van der Waals surface area contributed by atoms with E-state index in [-0.39, 0.29) is 0 Å². The summed E-state index contributed by atoms with van der Waals surface area (Å²) in [7, 11) is 1.59. The van der Waals surface area contributed by atoms with Crippen molar-refractivity contribution in [2.24, 2.45) is 0 Å². The summed E-state index contributed by atoms with van der Waals surface area (Å²) in [6, 6.07) is 5.34. The molecule has 0 radical (unpaired) electrons. The Bertz CT molecular complexity index is 458. The number of alkyl carbamates (subject to hydrolysis) is 1. The van der Waals surface area contributed by atoms with Crippen LogP contribution in [0.15, 0.2) is 18.2 Å². The maximum absolute atomic E-state index is 11.4. The topological polar surface area (TPSA) is 59.6 Å². The Labute approximate surface area is 124 Å². The lowest BCUT2D eigenvalue weighted by molar-refractivity contribution is 0.0530.